The van der Waals surface area contributed by atoms with Gasteiger partial charge in [0.05, 0.1) is 33.8 Å². The number of quaternary nitrogens is 1. The Bertz CT molecular complexity index is 1620. The van der Waals surface area contributed by atoms with Gasteiger partial charge in [0.2, 0.25) is 5.91 Å². The molecule has 10 heteroatoms. The van der Waals surface area contributed by atoms with Crippen molar-refractivity contribution in [3.63, 3.8) is 0 Å². The molecule has 0 saturated heterocycles. The van der Waals surface area contributed by atoms with E-state index in [1.807, 2.05) is 33.3 Å². The van der Waals surface area contributed by atoms with Crippen LogP contribution in [0.25, 0.3) is 0 Å². The van der Waals surface area contributed by atoms with Crippen LogP contribution >= 0.6 is 7.82 Å². The summed E-state index contributed by atoms with van der Waals surface area (Å²) in [5.74, 6) is -0.566. The molecule has 438 valence electrons. The number of nitrogens with zero attached hydrogens (tertiary/aromatic N) is 1. The summed E-state index contributed by atoms with van der Waals surface area (Å²) in [5.41, 5.74) is 0. The maximum Gasteiger partial charge on any atom is 0.306 e. The van der Waals surface area contributed by atoms with E-state index in [2.05, 4.69) is 111 Å². The number of hydrogen-bond acceptors (Lipinski definition) is 7. The number of ether oxygens (including phenoxy) is 1. The number of phosphoric acid groups is 1. The molecule has 0 bridgehead atoms. The van der Waals surface area contributed by atoms with Crippen LogP contribution in [-0.2, 0) is 27.9 Å². The Kier molecular flexibility index (Phi) is 53.0. The average molecular weight is 1080 g/mol. The molecule has 0 rings (SSSR count). The zero-order valence-corrected chi connectivity index (χ0v) is 50.8. The molecule has 9 nitrogen and oxygen atoms in total. The molecule has 76 heavy (non-hydrogen) atoms. The maximum absolute atomic E-state index is 13.5. The number of carbonyl (C=O) groups is 2. The van der Waals surface area contributed by atoms with Crippen LogP contribution in [0.5, 0.6) is 0 Å². The molecular formula is C66H117N2O7P. The lowest BCUT2D eigenvalue weighted by Crippen LogP contribution is -2.47. The summed E-state index contributed by atoms with van der Waals surface area (Å²) in [4.78, 5) is 39.9. The smallest absolute Gasteiger partial charge is 0.306 e. The molecule has 0 spiro atoms. The minimum atomic E-state index is -4.70. The molecule has 0 aliphatic rings. The van der Waals surface area contributed by atoms with Gasteiger partial charge in [-0.05, 0) is 102 Å². The number of hydrogen-bond donors (Lipinski definition) is 1. The Morgan fingerprint density at radius 3 is 1.32 bits per heavy atom. The first-order valence-electron chi connectivity index (χ1n) is 31.0. The summed E-state index contributed by atoms with van der Waals surface area (Å²) in [5, 5.41) is 3.02. The van der Waals surface area contributed by atoms with Crippen molar-refractivity contribution >= 4 is 19.7 Å². The van der Waals surface area contributed by atoms with E-state index in [0.717, 1.165) is 128 Å². The predicted octanol–water partition coefficient (Wildman–Crippen LogP) is 18.5. The van der Waals surface area contributed by atoms with E-state index in [4.69, 9.17) is 13.8 Å². The molecule has 1 amide bonds. The van der Waals surface area contributed by atoms with Crippen molar-refractivity contribution in [3.8, 4) is 0 Å². The third kappa shape index (κ3) is 55.7. The Morgan fingerprint density at radius 2 is 0.855 bits per heavy atom. The second-order valence-corrected chi connectivity index (χ2v) is 23.2. The van der Waals surface area contributed by atoms with E-state index in [1.165, 1.54) is 89.9 Å². The van der Waals surface area contributed by atoms with Crippen LogP contribution in [0.1, 0.15) is 258 Å². The normalized spacial score (nSPS) is 14.4. The van der Waals surface area contributed by atoms with Crippen molar-refractivity contribution in [3.05, 3.63) is 97.2 Å². The van der Waals surface area contributed by atoms with Crippen LogP contribution in [0.4, 0.5) is 0 Å². The molecule has 3 atom stereocenters. The first-order valence-corrected chi connectivity index (χ1v) is 32.5. The van der Waals surface area contributed by atoms with Crippen molar-refractivity contribution in [2.75, 3.05) is 40.9 Å². The van der Waals surface area contributed by atoms with Crippen molar-refractivity contribution in [1.82, 2.24) is 5.32 Å². The van der Waals surface area contributed by atoms with Crippen LogP contribution in [0.2, 0.25) is 0 Å². The number of esters is 1. The fraction of sp³-hybridized carbons (Fsp3) is 0.727. The number of rotatable bonds is 55. The highest BCUT2D eigenvalue weighted by Crippen LogP contribution is 2.38. The molecular weight excluding hydrogens is 964 g/mol. The SMILES string of the molecule is CC/C=C\C/C=C\C/C=C\C/C=C\C/C=C\C/C=C\CCCCCCCCCCC(=O)NC(COP(=O)([O-])OCC[N+](C)(C)C)C(/C=C\CCCCCCCCCCCC)OC(=O)CCCCCCC/C=C\CCCC. The van der Waals surface area contributed by atoms with E-state index < -0.39 is 26.6 Å². The first kappa shape index (κ1) is 72.9. The van der Waals surface area contributed by atoms with Gasteiger partial charge in [-0.2, -0.15) is 0 Å². The minimum absolute atomic E-state index is 0.0293. The van der Waals surface area contributed by atoms with Gasteiger partial charge < -0.3 is 28.5 Å². The molecule has 0 aromatic rings. The molecule has 0 saturated carbocycles. The quantitative estimate of drug-likeness (QED) is 0.0212. The van der Waals surface area contributed by atoms with Gasteiger partial charge in [-0.3, -0.25) is 14.2 Å². The molecule has 0 aliphatic heterocycles. The van der Waals surface area contributed by atoms with E-state index in [9.17, 15) is 19.0 Å². The van der Waals surface area contributed by atoms with Gasteiger partial charge in [-0.15, -0.1) is 0 Å². The second kappa shape index (κ2) is 55.3. The Balaban J connectivity index is 5.10. The van der Waals surface area contributed by atoms with Crippen LogP contribution in [-0.4, -0.2) is 69.4 Å². The van der Waals surface area contributed by atoms with E-state index in [-0.39, 0.29) is 24.9 Å². The fourth-order valence-corrected chi connectivity index (χ4v) is 9.17. The topological polar surface area (TPSA) is 114 Å². The average Bonchev–Trinajstić information content (AvgIpc) is 3.38. The summed E-state index contributed by atoms with van der Waals surface area (Å²) in [6, 6.07) is -0.900. The predicted molar refractivity (Wildman–Crippen MR) is 325 cm³/mol. The van der Waals surface area contributed by atoms with Crippen molar-refractivity contribution in [2.45, 2.75) is 270 Å². The monoisotopic (exact) mass is 1080 g/mol. The highest BCUT2D eigenvalue weighted by atomic mass is 31.2. The molecule has 0 radical (unpaired) electrons. The number of amides is 1. The molecule has 0 aliphatic carbocycles. The van der Waals surface area contributed by atoms with Crippen LogP contribution in [0.15, 0.2) is 97.2 Å². The minimum Gasteiger partial charge on any atom is -0.756 e. The lowest BCUT2D eigenvalue weighted by atomic mass is 10.0. The lowest BCUT2D eigenvalue weighted by Gasteiger charge is -2.30. The van der Waals surface area contributed by atoms with Gasteiger partial charge in [0.25, 0.3) is 7.82 Å². The van der Waals surface area contributed by atoms with Crippen molar-refractivity contribution in [1.29, 1.82) is 0 Å². The second-order valence-electron chi connectivity index (χ2n) is 21.8. The van der Waals surface area contributed by atoms with E-state index in [0.29, 0.717) is 23.9 Å². The van der Waals surface area contributed by atoms with E-state index in [1.54, 1.807) is 0 Å². The van der Waals surface area contributed by atoms with Crippen LogP contribution in [0.3, 0.4) is 0 Å². The fourth-order valence-electron chi connectivity index (χ4n) is 8.45. The number of phosphoric ester groups is 1. The summed E-state index contributed by atoms with van der Waals surface area (Å²) >= 11 is 0. The number of unbranched alkanes of at least 4 members (excludes halogenated alkanes) is 25. The largest absolute Gasteiger partial charge is 0.756 e. The number of carbonyl (C=O) groups excluding carboxylic acids is 2. The van der Waals surface area contributed by atoms with Gasteiger partial charge in [-0.1, -0.05) is 240 Å². The summed E-state index contributed by atoms with van der Waals surface area (Å²) in [6.45, 7) is 6.67. The van der Waals surface area contributed by atoms with Gasteiger partial charge >= 0.3 is 5.97 Å². The summed E-state index contributed by atoms with van der Waals surface area (Å²) in [7, 11) is 1.16. The zero-order valence-electron chi connectivity index (χ0n) is 49.9. The Hall–Kier alpha value is -3.07. The first-order chi connectivity index (χ1) is 36.9. The highest BCUT2D eigenvalue weighted by molar-refractivity contribution is 7.45. The number of likely N-dealkylation sites (N-methyl/N-ethyl adjacent to an activating group) is 1. The maximum atomic E-state index is 13.5. The van der Waals surface area contributed by atoms with Gasteiger partial charge in [-0.25, -0.2) is 0 Å². The van der Waals surface area contributed by atoms with Gasteiger partial charge in [0.1, 0.15) is 19.3 Å². The van der Waals surface area contributed by atoms with Crippen LogP contribution in [0, 0.1) is 0 Å². The third-order valence-corrected chi connectivity index (χ3v) is 14.2. The Morgan fingerprint density at radius 1 is 0.474 bits per heavy atom. The van der Waals surface area contributed by atoms with E-state index >= 15 is 0 Å². The van der Waals surface area contributed by atoms with Crippen molar-refractivity contribution in [2.24, 2.45) is 0 Å². The number of nitrogens with one attached hydrogen (secondary N) is 1. The molecule has 1 N–H and O–H groups in total. The molecule has 0 fully saturated rings. The van der Waals surface area contributed by atoms with Gasteiger partial charge in [0.15, 0.2) is 0 Å². The summed E-state index contributed by atoms with van der Waals surface area (Å²) < 4.78 is 30.2. The third-order valence-electron chi connectivity index (χ3n) is 13.2. The summed E-state index contributed by atoms with van der Waals surface area (Å²) in [6.07, 6.45) is 73.8. The lowest BCUT2D eigenvalue weighted by molar-refractivity contribution is -0.870. The van der Waals surface area contributed by atoms with Gasteiger partial charge in [0, 0.05) is 12.8 Å². The van der Waals surface area contributed by atoms with Crippen LogP contribution < -0.4 is 10.2 Å². The molecule has 0 aromatic heterocycles. The molecule has 3 unspecified atom stereocenters. The molecule has 0 heterocycles. The Labute approximate surface area is 468 Å². The van der Waals surface area contributed by atoms with Crippen molar-refractivity contribution < 1.29 is 37.3 Å². The number of allylic oxidation sites excluding steroid dienone is 15. The highest BCUT2D eigenvalue weighted by Gasteiger charge is 2.27. The molecule has 0 aromatic carbocycles. The standard InChI is InChI=1S/C66H117N2O7P/c1-7-10-13-16-19-22-25-27-28-29-30-31-32-33-34-35-36-37-38-39-40-41-44-46-49-52-55-58-65(69)67-63(62-74-76(71,72)73-61-60-68(4,5)6)64(57-54-51-48-45-43-26-23-20-17-14-11-8-2)75-66(70)59-56-53-50-47-42-24-21-18-15-12-9-3/h10,13,18-19,21-22,27-28,30-31,33-34,36-37,54,57,63-64H,7-9,11-12,14-17,20,23-26,29,32,35,38-53,55-56,58-62H2,1-6H3,(H-,67,69,71,72)/b13-10-,21-18-,22-19-,28-27-,31-30-,34-33-,37-36-,57-54-. The zero-order chi connectivity index (χ0) is 55.7.